The second kappa shape index (κ2) is 6.59. The van der Waals surface area contributed by atoms with E-state index in [1.807, 2.05) is 0 Å². The van der Waals surface area contributed by atoms with Crippen molar-refractivity contribution in [1.82, 2.24) is 4.90 Å². The van der Waals surface area contributed by atoms with Crippen molar-refractivity contribution in [1.29, 1.82) is 0 Å². The highest BCUT2D eigenvalue weighted by atomic mass is 16.6. The average Bonchev–Trinajstić information content (AvgIpc) is 2.64. The fourth-order valence-electron chi connectivity index (χ4n) is 1.17. The molecule has 17 heavy (non-hydrogen) atoms. The normalized spacial score (nSPS) is 14.2. The van der Waals surface area contributed by atoms with Crippen LogP contribution in [0.4, 0.5) is 0 Å². The van der Waals surface area contributed by atoms with E-state index in [4.69, 9.17) is 4.74 Å². The van der Waals surface area contributed by atoms with Crippen LogP contribution >= 0.6 is 0 Å². The van der Waals surface area contributed by atoms with Crippen LogP contribution in [-0.2, 0) is 23.9 Å². The van der Waals surface area contributed by atoms with Gasteiger partial charge in [-0.05, 0) is 0 Å². The molecule has 0 aromatic carbocycles. The maximum atomic E-state index is 11.1. The summed E-state index contributed by atoms with van der Waals surface area (Å²) in [4.78, 5) is 33.9. The van der Waals surface area contributed by atoms with Crippen LogP contribution < -0.4 is 0 Å². The third-order valence-electron chi connectivity index (χ3n) is 2.00. The summed E-state index contributed by atoms with van der Waals surface area (Å²) in [5.41, 5.74) is 0. The second-order valence-corrected chi connectivity index (χ2v) is 3.15. The maximum absolute atomic E-state index is 11.1. The number of hydrogen-bond acceptors (Lipinski definition) is 5. The Hall–Kier alpha value is -1.95. The highest BCUT2D eigenvalue weighted by Crippen LogP contribution is 2.02. The van der Waals surface area contributed by atoms with Crippen LogP contribution in [0.3, 0.4) is 0 Å². The van der Waals surface area contributed by atoms with Crippen molar-refractivity contribution in [2.45, 2.75) is 0 Å². The number of imide groups is 1. The monoisotopic (exact) mass is 239 g/mol. The van der Waals surface area contributed by atoms with Gasteiger partial charge in [0.2, 0.25) is 0 Å². The Kier molecular flexibility index (Phi) is 5.09. The lowest BCUT2D eigenvalue weighted by molar-refractivity contribution is -0.139. The first-order chi connectivity index (χ1) is 8.15. The lowest BCUT2D eigenvalue weighted by Crippen LogP contribution is -2.33. The fourth-order valence-corrected chi connectivity index (χ4v) is 1.17. The highest BCUT2D eigenvalue weighted by molar-refractivity contribution is 6.12. The Morgan fingerprint density at radius 3 is 2.47 bits per heavy atom. The van der Waals surface area contributed by atoms with E-state index >= 15 is 0 Å². The molecule has 0 radical (unpaired) electrons. The van der Waals surface area contributed by atoms with Gasteiger partial charge < -0.3 is 9.47 Å². The van der Waals surface area contributed by atoms with E-state index in [1.165, 1.54) is 12.2 Å². The minimum Gasteiger partial charge on any atom is -0.460 e. The van der Waals surface area contributed by atoms with Crippen molar-refractivity contribution in [2.75, 3.05) is 26.4 Å². The van der Waals surface area contributed by atoms with E-state index in [2.05, 4.69) is 11.3 Å². The standard InChI is InChI=1S/C11H13NO5/c1-2-11(15)17-8-7-16-6-5-12-9(13)3-4-10(12)14/h2-4H,1,5-8H2. The number of rotatable bonds is 7. The van der Waals surface area contributed by atoms with E-state index in [0.29, 0.717) is 0 Å². The second-order valence-electron chi connectivity index (χ2n) is 3.15. The molecule has 0 aliphatic carbocycles. The highest BCUT2D eigenvalue weighted by Gasteiger charge is 2.22. The van der Waals surface area contributed by atoms with Crippen molar-refractivity contribution in [2.24, 2.45) is 0 Å². The van der Waals surface area contributed by atoms with Crippen molar-refractivity contribution < 1.29 is 23.9 Å². The summed E-state index contributed by atoms with van der Waals surface area (Å²) in [6.45, 7) is 3.98. The predicted molar refractivity (Wildman–Crippen MR) is 57.8 cm³/mol. The van der Waals surface area contributed by atoms with E-state index in [0.717, 1.165) is 11.0 Å². The summed E-state index contributed by atoms with van der Waals surface area (Å²) in [5, 5.41) is 0. The van der Waals surface area contributed by atoms with E-state index in [-0.39, 0.29) is 38.2 Å². The van der Waals surface area contributed by atoms with Crippen LogP contribution in [0.5, 0.6) is 0 Å². The number of ether oxygens (including phenoxy) is 2. The maximum Gasteiger partial charge on any atom is 0.330 e. The SMILES string of the molecule is C=CC(=O)OCCOCCN1C(=O)C=CC1=O. The smallest absolute Gasteiger partial charge is 0.330 e. The molecule has 0 spiro atoms. The first-order valence-electron chi connectivity index (χ1n) is 5.05. The van der Waals surface area contributed by atoms with Crippen LogP contribution in [0.2, 0.25) is 0 Å². The van der Waals surface area contributed by atoms with Gasteiger partial charge in [-0.25, -0.2) is 4.79 Å². The Labute approximate surface area is 98.5 Å². The Balaban J connectivity index is 2.05. The molecule has 0 aromatic rings. The van der Waals surface area contributed by atoms with Crippen LogP contribution in [0, 0.1) is 0 Å². The van der Waals surface area contributed by atoms with Gasteiger partial charge >= 0.3 is 5.97 Å². The zero-order valence-electron chi connectivity index (χ0n) is 9.26. The lowest BCUT2D eigenvalue weighted by Gasteiger charge is -2.13. The van der Waals surface area contributed by atoms with Gasteiger partial charge in [0.1, 0.15) is 6.61 Å². The Morgan fingerprint density at radius 2 is 1.88 bits per heavy atom. The van der Waals surface area contributed by atoms with Gasteiger partial charge in [0.15, 0.2) is 0 Å². The first kappa shape index (κ1) is 13.1. The van der Waals surface area contributed by atoms with Gasteiger partial charge in [0.05, 0.1) is 19.8 Å². The van der Waals surface area contributed by atoms with Crippen molar-refractivity contribution in [3.05, 3.63) is 24.8 Å². The average molecular weight is 239 g/mol. The zero-order chi connectivity index (χ0) is 12.7. The molecule has 0 aromatic heterocycles. The number of nitrogens with zero attached hydrogens (tertiary/aromatic N) is 1. The number of hydrogen-bond donors (Lipinski definition) is 0. The van der Waals surface area contributed by atoms with Gasteiger partial charge in [-0.2, -0.15) is 0 Å². The molecule has 0 unspecified atom stereocenters. The molecule has 2 amide bonds. The quantitative estimate of drug-likeness (QED) is 0.263. The molecule has 1 aliphatic rings. The van der Waals surface area contributed by atoms with E-state index in [1.54, 1.807) is 0 Å². The molecule has 0 atom stereocenters. The third kappa shape index (κ3) is 4.20. The van der Waals surface area contributed by atoms with Crippen molar-refractivity contribution >= 4 is 17.8 Å². The molecular weight excluding hydrogens is 226 g/mol. The minimum atomic E-state index is -0.511. The van der Waals surface area contributed by atoms with Gasteiger partial charge in [-0.1, -0.05) is 6.58 Å². The largest absolute Gasteiger partial charge is 0.460 e. The summed E-state index contributed by atoms with van der Waals surface area (Å²) in [5.74, 6) is -1.18. The van der Waals surface area contributed by atoms with Gasteiger partial charge in [-0.15, -0.1) is 0 Å². The number of carbonyl (C=O) groups excluding carboxylic acids is 3. The number of carbonyl (C=O) groups is 3. The molecule has 0 fully saturated rings. The predicted octanol–water partition coefficient (Wildman–Crippen LogP) is -0.343. The minimum absolute atomic E-state index is 0.116. The van der Waals surface area contributed by atoms with Crippen LogP contribution in [0.1, 0.15) is 0 Å². The van der Waals surface area contributed by atoms with Gasteiger partial charge in [-0.3, -0.25) is 14.5 Å². The van der Waals surface area contributed by atoms with Gasteiger partial charge in [0, 0.05) is 18.2 Å². The number of esters is 1. The summed E-state index contributed by atoms with van der Waals surface area (Å²) in [6.07, 6.45) is 3.50. The molecule has 0 N–H and O–H groups in total. The Morgan fingerprint density at radius 1 is 1.24 bits per heavy atom. The molecule has 0 saturated carbocycles. The van der Waals surface area contributed by atoms with E-state index in [9.17, 15) is 14.4 Å². The molecule has 92 valence electrons. The van der Waals surface area contributed by atoms with Crippen LogP contribution in [0.15, 0.2) is 24.8 Å². The molecule has 0 bridgehead atoms. The zero-order valence-corrected chi connectivity index (χ0v) is 9.26. The summed E-state index contributed by atoms with van der Waals surface area (Å²) >= 11 is 0. The summed E-state index contributed by atoms with van der Waals surface area (Å²) in [7, 11) is 0. The van der Waals surface area contributed by atoms with Crippen LogP contribution in [0.25, 0.3) is 0 Å². The third-order valence-corrected chi connectivity index (χ3v) is 2.00. The molecule has 1 aliphatic heterocycles. The van der Waals surface area contributed by atoms with E-state index < -0.39 is 5.97 Å². The topological polar surface area (TPSA) is 72.9 Å². The van der Waals surface area contributed by atoms with Crippen molar-refractivity contribution in [3.8, 4) is 0 Å². The molecule has 6 nitrogen and oxygen atoms in total. The summed E-state index contributed by atoms with van der Waals surface area (Å²) < 4.78 is 9.77. The first-order valence-corrected chi connectivity index (χ1v) is 5.05. The molecule has 0 saturated heterocycles. The molecule has 1 heterocycles. The molecule has 6 heteroatoms. The lowest BCUT2D eigenvalue weighted by atomic mass is 10.5. The summed E-state index contributed by atoms with van der Waals surface area (Å²) in [6, 6.07) is 0. The van der Waals surface area contributed by atoms with Crippen molar-refractivity contribution in [3.63, 3.8) is 0 Å². The van der Waals surface area contributed by atoms with Gasteiger partial charge in [0.25, 0.3) is 11.8 Å². The van der Waals surface area contributed by atoms with Crippen LogP contribution in [-0.4, -0.2) is 49.0 Å². The molecule has 1 rings (SSSR count). The fraction of sp³-hybridized carbons (Fsp3) is 0.364. The number of amides is 2. The Bertz CT molecular complexity index is 343. The molecular formula is C11H13NO5.